The van der Waals surface area contributed by atoms with Gasteiger partial charge in [0, 0.05) is 49.2 Å². The molecule has 34 heavy (non-hydrogen) atoms. The fraction of sp³-hybridized carbons (Fsp3) is 0.320. The van der Waals surface area contributed by atoms with Crippen LogP contribution in [0.1, 0.15) is 45.4 Å². The molecule has 1 N–H and O–H groups in total. The van der Waals surface area contributed by atoms with E-state index in [9.17, 15) is 24.0 Å². The Morgan fingerprint density at radius 3 is 2.35 bits per heavy atom. The number of aryl methyl sites for hydroxylation is 1. The van der Waals surface area contributed by atoms with Gasteiger partial charge in [0.15, 0.2) is 5.43 Å². The molecule has 2 aromatic carbocycles. The number of hydroxylamine groups is 2. The number of carbonyl (C=O) groups is 4. The number of amides is 3. The molecule has 1 aliphatic heterocycles. The Balaban J connectivity index is 1.45. The van der Waals surface area contributed by atoms with Crippen LogP contribution in [0, 0.1) is 0 Å². The second-order valence-corrected chi connectivity index (χ2v) is 8.27. The van der Waals surface area contributed by atoms with Crippen LogP contribution in [0.3, 0.4) is 0 Å². The van der Waals surface area contributed by atoms with E-state index in [0.29, 0.717) is 40.9 Å². The van der Waals surface area contributed by atoms with Crippen LogP contribution in [0.4, 0.5) is 5.69 Å². The van der Waals surface area contributed by atoms with E-state index in [1.807, 2.05) is 24.3 Å². The molecule has 0 atom stereocenters. The molecular formula is C25H25N3O6. The lowest BCUT2D eigenvalue weighted by molar-refractivity contribution is -0.197. The van der Waals surface area contributed by atoms with Crippen LogP contribution < -0.4 is 10.7 Å². The van der Waals surface area contributed by atoms with E-state index in [-0.39, 0.29) is 30.6 Å². The third-order valence-electron chi connectivity index (χ3n) is 5.75. The van der Waals surface area contributed by atoms with E-state index >= 15 is 0 Å². The minimum absolute atomic E-state index is 0.0692. The summed E-state index contributed by atoms with van der Waals surface area (Å²) in [5, 5.41) is 4.40. The fourth-order valence-corrected chi connectivity index (χ4v) is 4.17. The Morgan fingerprint density at radius 2 is 1.62 bits per heavy atom. The number of aromatic nitrogens is 1. The standard InChI is InChI=1S/C25H25N3O6/c1-16(29)26-17-10-11-21-19(15-17)25(33)18-7-4-5-8-20(18)27(21)14-6-2-3-9-24(32)34-28-22(30)12-13-23(28)31/h4-5,7-8,10-11,15H,2-3,6,9,12-14H2,1H3,(H,26,29). The van der Waals surface area contributed by atoms with Crippen molar-refractivity contribution < 1.29 is 24.0 Å². The molecule has 0 unspecified atom stereocenters. The summed E-state index contributed by atoms with van der Waals surface area (Å²) in [6.45, 7) is 2.04. The molecule has 0 radical (unpaired) electrons. The Hall–Kier alpha value is -4.01. The second kappa shape index (κ2) is 9.86. The third-order valence-corrected chi connectivity index (χ3v) is 5.75. The van der Waals surface area contributed by atoms with E-state index in [0.717, 1.165) is 17.5 Å². The van der Waals surface area contributed by atoms with Gasteiger partial charge in [-0.05, 0) is 43.2 Å². The quantitative estimate of drug-likeness (QED) is 0.311. The zero-order valence-corrected chi connectivity index (χ0v) is 18.8. The maximum atomic E-state index is 13.1. The molecule has 1 fully saturated rings. The van der Waals surface area contributed by atoms with Gasteiger partial charge in [-0.1, -0.05) is 18.6 Å². The molecular weight excluding hydrogens is 438 g/mol. The molecule has 0 spiro atoms. The normalized spacial score (nSPS) is 13.6. The van der Waals surface area contributed by atoms with Crippen molar-refractivity contribution in [1.29, 1.82) is 0 Å². The number of fused-ring (bicyclic) bond motifs is 2. The zero-order chi connectivity index (χ0) is 24.2. The summed E-state index contributed by atoms with van der Waals surface area (Å²) in [5.41, 5.74) is 2.05. The summed E-state index contributed by atoms with van der Waals surface area (Å²) in [5.74, 6) is -1.79. The summed E-state index contributed by atoms with van der Waals surface area (Å²) in [6.07, 6.45) is 2.23. The number of nitrogens with zero attached hydrogens (tertiary/aromatic N) is 2. The van der Waals surface area contributed by atoms with Gasteiger partial charge in [0.1, 0.15) is 0 Å². The molecule has 0 bridgehead atoms. The minimum atomic E-state index is -0.603. The Labute approximate surface area is 195 Å². The highest BCUT2D eigenvalue weighted by molar-refractivity contribution is 6.01. The number of pyridine rings is 1. The molecule has 9 nitrogen and oxygen atoms in total. The van der Waals surface area contributed by atoms with Crippen LogP contribution in [-0.2, 0) is 30.6 Å². The number of imide groups is 1. The van der Waals surface area contributed by atoms with E-state index in [4.69, 9.17) is 4.84 Å². The van der Waals surface area contributed by atoms with Gasteiger partial charge in [-0.2, -0.15) is 0 Å². The first-order chi connectivity index (χ1) is 16.3. The highest BCUT2D eigenvalue weighted by Crippen LogP contribution is 2.23. The summed E-state index contributed by atoms with van der Waals surface area (Å²) >= 11 is 0. The number of anilines is 1. The summed E-state index contributed by atoms with van der Waals surface area (Å²) in [4.78, 5) is 64.5. The number of hydrogen-bond donors (Lipinski definition) is 1. The first-order valence-corrected chi connectivity index (χ1v) is 11.2. The molecule has 3 amide bonds. The van der Waals surface area contributed by atoms with Crippen LogP contribution >= 0.6 is 0 Å². The molecule has 0 saturated carbocycles. The predicted molar refractivity (Wildman–Crippen MR) is 126 cm³/mol. The highest BCUT2D eigenvalue weighted by Gasteiger charge is 2.32. The molecule has 1 aromatic heterocycles. The topological polar surface area (TPSA) is 115 Å². The number of para-hydroxylation sites is 1. The maximum absolute atomic E-state index is 13.1. The third kappa shape index (κ3) is 4.83. The Morgan fingerprint density at radius 1 is 0.912 bits per heavy atom. The van der Waals surface area contributed by atoms with Crippen molar-refractivity contribution in [3.05, 3.63) is 52.7 Å². The molecule has 2 heterocycles. The molecule has 9 heteroatoms. The van der Waals surface area contributed by atoms with Gasteiger partial charge >= 0.3 is 5.97 Å². The second-order valence-electron chi connectivity index (χ2n) is 8.27. The van der Waals surface area contributed by atoms with Gasteiger partial charge in [-0.15, -0.1) is 5.06 Å². The van der Waals surface area contributed by atoms with Crippen molar-refractivity contribution in [1.82, 2.24) is 9.63 Å². The predicted octanol–water partition coefficient (Wildman–Crippen LogP) is 3.28. The average molecular weight is 463 g/mol. The van der Waals surface area contributed by atoms with Gasteiger partial charge in [0.25, 0.3) is 11.8 Å². The molecule has 0 aliphatic carbocycles. The highest BCUT2D eigenvalue weighted by atomic mass is 16.7. The van der Waals surface area contributed by atoms with Gasteiger partial charge in [-0.25, -0.2) is 4.79 Å². The summed E-state index contributed by atoms with van der Waals surface area (Å²) in [7, 11) is 0. The van der Waals surface area contributed by atoms with Crippen molar-refractivity contribution >= 4 is 51.2 Å². The first-order valence-electron chi connectivity index (χ1n) is 11.2. The van der Waals surface area contributed by atoms with Gasteiger partial charge in [-0.3, -0.25) is 19.2 Å². The van der Waals surface area contributed by atoms with E-state index in [1.165, 1.54) is 6.92 Å². The summed E-state index contributed by atoms with van der Waals surface area (Å²) < 4.78 is 2.07. The number of benzene rings is 2. The van der Waals surface area contributed by atoms with Crippen LogP contribution in [0.25, 0.3) is 21.8 Å². The van der Waals surface area contributed by atoms with Crippen molar-refractivity contribution in [2.24, 2.45) is 0 Å². The van der Waals surface area contributed by atoms with E-state index in [1.54, 1.807) is 18.2 Å². The molecule has 1 saturated heterocycles. The lowest BCUT2D eigenvalue weighted by Gasteiger charge is -2.16. The molecule has 176 valence electrons. The number of rotatable bonds is 8. The lowest BCUT2D eigenvalue weighted by atomic mass is 10.1. The lowest BCUT2D eigenvalue weighted by Crippen LogP contribution is -2.31. The summed E-state index contributed by atoms with van der Waals surface area (Å²) in [6, 6.07) is 12.7. The Kier molecular flexibility index (Phi) is 6.72. The fourth-order valence-electron chi connectivity index (χ4n) is 4.17. The molecule has 3 aromatic rings. The Bertz CT molecular complexity index is 1340. The van der Waals surface area contributed by atoms with Crippen molar-refractivity contribution in [2.75, 3.05) is 5.32 Å². The van der Waals surface area contributed by atoms with Crippen LogP contribution in [0.5, 0.6) is 0 Å². The maximum Gasteiger partial charge on any atom is 0.333 e. The van der Waals surface area contributed by atoms with E-state index in [2.05, 4.69) is 9.88 Å². The average Bonchev–Trinajstić information content (AvgIpc) is 3.12. The van der Waals surface area contributed by atoms with E-state index < -0.39 is 17.8 Å². The minimum Gasteiger partial charge on any atom is -0.340 e. The number of carbonyl (C=O) groups excluding carboxylic acids is 4. The van der Waals surface area contributed by atoms with Gasteiger partial charge in [0.05, 0.1) is 11.0 Å². The van der Waals surface area contributed by atoms with Crippen LogP contribution in [0.15, 0.2) is 47.3 Å². The van der Waals surface area contributed by atoms with Crippen LogP contribution in [0.2, 0.25) is 0 Å². The van der Waals surface area contributed by atoms with Crippen molar-refractivity contribution in [3.8, 4) is 0 Å². The van der Waals surface area contributed by atoms with Gasteiger partial charge < -0.3 is 14.7 Å². The number of hydrogen-bond acceptors (Lipinski definition) is 6. The molecule has 4 rings (SSSR count). The zero-order valence-electron chi connectivity index (χ0n) is 18.8. The number of nitrogens with one attached hydrogen (secondary N) is 1. The smallest absolute Gasteiger partial charge is 0.333 e. The van der Waals surface area contributed by atoms with Crippen molar-refractivity contribution in [2.45, 2.75) is 52.0 Å². The first kappa shape index (κ1) is 23.2. The SMILES string of the molecule is CC(=O)Nc1ccc2c(c1)c(=O)c1ccccc1n2CCCCCC(=O)ON1C(=O)CCC1=O. The van der Waals surface area contributed by atoms with Gasteiger partial charge in [0.2, 0.25) is 5.91 Å². The van der Waals surface area contributed by atoms with Crippen LogP contribution in [-0.4, -0.2) is 33.3 Å². The number of unbranched alkanes of at least 4 members (excludes halogenated alkanes) is 2. The monoisotopic (exact) mass is 463 g/mol. The molecule has 1 aliphatic rings. The largest absolute Gasteiger partial charge is 0.340 e. The van der Waals surface area contributed by atoms with Crippen molar-refractivity contribution in [3.63, 3.8) is 0 Å².